The third-order valence-corrected chi connectivity index (χ3v) is 16.6. The van der Waals surface area contributed by atoms with Crippen molar-refractivity contribution >= 4 is 70.7 Å². The number of nitrogens with zero attached hydrogens (tertiary/aromatic N) is 3. The van der Waals surface area contributed by atoms with Crippen LogP contribution in [0.15, 0.2) is 0 Å². The van der Waals surface area contributed by atoms with E-state index in [1.165, 1.54) is 62.2 Å². The molecule has 0 unspecified atom stereocenters. The number of likely N-dealkylation sites (N-methyl/N-ethyl adjacent to an activating group) is 3. The quantitative estimate of drug-likeness (QED) is 0.0342. The van der Waals surface area contributed by atoms with Crippen molar-refractivity contribution in [1.29, 1.82) is 0 Å². The number of carbonyl (C=O) groups excluding carboxylic acids is 6. The molecule has 18 heteroatoms. The topological polar surface area (TPSA) is 184 Å². The number of hydrogen-bond donors (Lipinski definition) is 6. The van der Waals surface area contributed by atoms with Crippen LogP contribution in [-0.4, -0.2) is 178 Å². The predicted molar refractivity (Wildman–Crippen MR) is 356 cm³/mol. The van der Waals surface area contributed by atoms with E-state index in [1.807, 2.05) is 97.6 Å². The van der Waals surface area contributed by atoms with Gasteiger partial charge < -0.3 is 46.6 Å². The smallest absolute Gasteiger partial charge is 0.317 e. The Kier molecular flexibility index (Phi) is 39.7. The fraction of sp³-hybridized carbons (Fsp3) is 0.905. The van der Waals surface area contributed by atoms with Gasteiger partial charge >= 0.3 is 18.1 Å². The molecule has 81 heavy (non-hydrogen) atoms. The Labute approximate surface area is 511 Å². The van der Waals surface area contributed by atoms with Gasteiger partial charge in [0.25, 0.3) is 0 Å². The molecular weight excluding hydrogens is 1070 g/mol. The number of thioether (sulfide) groups is 3. The van der Waals surface area contributed by atoms with Gasteiger partial charge in [-0.2, -0.15) is 35.3 Å². The molecule has 0 bridgehead atoms. The second kappa shape index (κ2) is 38.7. The number of rotatable bonds is 33. The molecule has 0 fully saturated rings. The minimum atomic E-state index is -0.873. The van der Waals surface area contributed by atoms with E-state index in [0.29, 0.717) is 33.9 Å². The van der Waals surface area contributed by atoms with Gasteiger partial charge in [0.05, 0.1) is 16.6 Å². The average Bonchev–Trinajstić information content (AvgIpc) is 3.29. The van der Waals surface area contributed by atoms with E-state index in [0.717, 1.165) is 52.1 Å². The molecule has 0 aromatic rings. The van der Waals surface area contributed by atoms with Crippen molar-refractivity contribution in [3.8, 4) is 0 Å². The number of hydrogen-bond acceptors (Lipinski definition) is 12. The lowest BCUT2D eigenvalue weighted by Gasteiger charge is -2.33. The van der Waals surface area contributed by atoms with Crippen molar-refractivity contribution in [3.05, 3.63) is 0 Å². The van der Waals surface area contributed by atoms with Crippen LogP contribution in [0.1, 0.15) is 224 Å². The van der Waals surface area contributed by atoms with Crippen molar-refractivity contribution in [2.24, 2.45) is 16.2 Å². The van der Waals surface area contributed by atoms with E-state index in [9.17, 15) is 28.8 Å². The summed E-state index contributed by atoms with van der Waals surface area (Å²) in [5.41, 5.74) is -4.07. The van der Waals surface area contributed by atoms with Crippen molar-refractivity contribution in [1.82, 2.24) is 46.6 Å². The molecule has 0 aliphatic rings. The first-order valence-corrected chi connectivity index (χ1v) is 33.2. The van der Waals surface area contributed by atoms with Crippen LogP contribution in [0.25, 0.3) is 0 Å². The number of unbranched alkanes of at least 4 members (excludes halogenated alkanes) is 6. The van der Waals surface area contributed by atoms with Gasteiger partial charge in [-0.05, 0) is 117 Å². The van der Waals surface area contributed by atoms with Gasteiger partial charge in [0, 0.05) is 90.9 Å². The maximum absolute atomic E-state index is 12.5. The minimum absolute atomic E-state index is 0.0259. The molecule has 0 aromatic carbocycles. The summed E-state index contributed by atoms with van der Waals surface area (Å²) in [7, 11) is 5.29. The molecular formula is C63H129N9O6S3. The molecule has 0 atom stereocenters. The van der Waals surface area contributed by atoms with Crippen LogP contribution >= 0.6 is 35.3 Å². The minimum Gasteiger partial charge on any atom is -0.327 e. The van der Waals surface area contributed by atoms with Crippen LogP contribution < -0.4 is 31.9 Å². The SMILES string of the molecule is CN(CCNCCCCCCSC(C)(C)C)C(=O)NC(C)(C)C(=O)C(C)(C)C.CN(CCNCCCCCSC(C)(C)C)C(=O)NC(C)(C)C(=O)C(C)(C)C.CN(CCNCCCCSC(C)(C)C)C(=O)NC(C)(C)C(=O)C(C)(C)C. The Hall–Kier alpha value is -2.25. The van der Waals surface area contributed by atoms with Gasteiger partial charge in [0.2, 0.25) is 0 Å². The Morgan fingerprint density at radius 2 is 0.494 bits per heavy atom. The summed E-state index contributed by atoms with van der Waals surface area (Å²) in [6.07, 6.45) is 11.0. The molecule has 0 aromatic heterocycles. The second-order valence-corrected chi connectivity index (χ2v) is 35.2. The summed E-state index contributed by atoms with van der Waals surface area (Å²) in [5.74, 6) is 3.73. The molecule has 480 valence electrons. The highest BCUT2D eigenvalue weighted by atomic mass is 32.2. The Balaban J connectivity index is -0.00000113. The van der Waals surface area contributed by atoms with Gasteiger partial charge in [-0.1, -0.05) is 144 Å². The number of Topliss-reactive ketones (excluding diaryl/α,β-unsaturated/α-hetero) is 3. The number of amides is 6. The van der Waals surface area contributed by atoms with Crippen LogP contribution in [0.4, 0.5) is 14.4 Å². The van der Waals surface area contributed by atoms with Crippen molar-refractivity contribution in [2.75, 3.05) is 97.3 Å². The monoisotopic (exact) mass is 1200 g/mol. The first-order chi connectivity index (χ1) is 36.5. The Morgan fingerprint density at radius 1 is 0.296 bits per heavy atom. The van der Waals surface area contributed by atoms with Crippen molar-refractivity contribution in [3.63, 3.8) is 0 Å². The maximum atomic E-state index is 12.5. The van der Waals surface area contributed by atoms with Gasteiger partial charge in [-0.25, -0.2) is 14.4 Å². The van der Waals surface area contributed by atoms with Crippen LogP contribution in [0, 0.1) is 16.2 Å². The third kappa shape index (κ3) is 44.8. The first kappa shape index (κ1) is 83.0. The van der Waals surface area contributed by atoms with E-state index in [-0.39, 0.29) is 35.4 Å². The zero-order valence-electron chi connectivity index (χ0n) is 57.4. The highest BCUT2D eigenvalue weighted by Gasteiger charge is 2.40. The van der Waals surface area contributed by atoms with Crippen LogP contribution in [-0.2, 0) is 14.4 Å². The summed E-state index contributed by atoms with van der Waals surface area (Å²) < 4.78 is 1.07. The predicted octanol–water partition coefficient (Wildman–Crippen LogP) is 12.9. The van der Waals surface area contributed by atoms with Crippen molar-refractivity contribution < 1.29 is 28.8 Å². The molecule has 6 N–H and O–H groups in total. The fourth-order valence-electron chi connectivity index (χ4n) is 8.21. The number of nitrogens with one attached hydrogen (secondary N) is 6. The number of ketones is 3. The largest absolute Gasteiger partial charge is 0.327 e. The fourth-order valence-corrected chi connectivity index (χ4v) is 11.1. The van der Waals surface area contributed by atoms with Gasteiger partial charge in [0.15, 0.2) is 17.3 Å². The molecule has 0 spiro atoms. The molecule has 6 amide bonds. The van der Waals surface area contributed by atoms with Gasteiger partial charge in [0.1, 0.15) is 0 Å². The van der Waals surface area contributed by atoms with E-state index >= 15 is 0 Å². The molecule has 15 nitrogen and oxygen atoms in total. The normalized spacial score (nSPS) is 12.8. The lowest BCUT2D eigenvalue weighted by atomic mass is 9.80. The average molecular weight is 1200 g/mol. The standard InChI is InChI=1S/C22H45N3O2S.C21H43N3O2S.C20H41N3O2S/c1-20(2,3)18(26)22(7,8)24-19(27)25(9)16-15-23-14-12-10-11-13-17-28-21(4,5)6;1-19(2,3)17(25)21(7,8)23-18(26)24(9)15-14-22-13-11-10-12-16-27-20(4,5)6;1-18(2,3)16(24)20(7,8)22-17(25)23(9)14-13-21-12-10-11-15-26-19(4,5)6/h23H,10-17H2,1-9H3,(H,24,27);22H,10-16H2,1-9H3,(H,23,26);21H,10-15H2,1-9H3,(H,22,25). The lowest BCUT2D eigenvalue weighted by Crippen LogP contribution is -2.57. The van der Waals surface area contributed by atoms with Gasteiger partial charge in [-0.15, -0.1) is 0 Å². The zero-order chi connectivity index (χ0) is 63.9. The molecule has 0 saturated carbocycles. The summed E-state index contributed by atoms with van der Waals surface area (Å²) in [4.78, 5) is 79.3. The Bertz CT molecular complexity index is 1800. The van der Waals surface area contributed by atoms with Crippen LogP contribution in [0.5, 0.6) is 0 Å². The highest BCUT2D eigenvalue weighted by molar-refractivity contribution is 8.01. The van der Waals surface area contributed by atoms with E-state index in [4.69, 9.17) is 0 Å². The maximum Gasteiger partial charge on any atom is 0.317 e. The van der Waals surface area contributed by atoms with Crippen molar-refractivity contribution in [2.45, 2.75) is 255 Å². The summed E-state index contributed by atoms with van der Waals surface area (Å²) in [6, 6.07) is -0.629. The molecule has 0 radical (unpaired) electrons. The first-order valence-electron chi connectivity index (χ1n) is 30.3. The summed E-state index contributed by atoms with van der Waals surface area (Å²) >= 11 is 6.06. The second-order valence-electron chi connectivity index (χ2n) is 29.5. The van der Waals surface area contributed by atoms with Crippen LogP contribution in [0.3, 0.4) is 0 Å². The molecule has 0 rings (SSSR count). The van der Waals surface area contributed by atoms with E-state index < -0.39 is 32.9 Å². The lowest BCUT2D eigenvalue weighted by molar-refractivity contribution is -0.132. The molecule has 0 heterocycles. The number of carbonyl (C=O) groups is 6. The van der Waals surface area contributed by atoms with Crippen LogP contribution in [0.2, 0.25) is 0 Å². The number of urea groups is 3. The molecule has 0 aliphatic heterocycles. The highest BCUT2D eigenvalue weighted by Crippen LogP contribution is 2.28. The molecule has 0 saturated heterocycles. The summed E-state index contributed by atoms with van der Waals surface area (Å²) in [6.45, 7) is 54.8. The summed E-state index contributed by atoms with van der Waals surface area (Å²) in [5, 5.41) is 18.7. The third-order valence-electron chi connectivity index (χ3n) is 12.5. The Morgan fingerprint density at radius 3 is 0.716 bits per heavy atom. The van der Waals surface area contributed by atoms with E-state index in [2.05, 4.69) is 94.2 Å². The molecule has 0 aliphatic carbocycles. The van der Waals surface area contributed by atoms with Gasteiger partial charge in [-0.3, -0.25) is 14.4 Å². The van der Waals surface area contributed by atoms with E-state index in [1.54, 1.807) is 77.4 Å². The zero-order valence-corrected chi connectivity index (χ0v) is 59.8.